The van der Waals surface area contributed by atoms with Crippen molar-refractivity contribution < 1.29 is 4.52 Å². The van der Waals surface area contributed by atoms with E-state index in [1.807, 2.05) is 26.0 Å². The standard InChI is InChI=1S/C12H13N3O/c1-3-11-10(7-16-15-11)4-5-12-9(2)6-13-8-14-12/h4-8H,3H2,1-2H3. The quantitative estimate of drug-likeness (QED) is 0.789. The second kappa shape index (κ2) is 4.70. The van der Waals surface area contributed by atoms with E-state index in [-0.39, 0.29) is 0 Å². The third-order valence-corrected chi connectivity index (χ3v) is 2.37. The molecule has 0 aliphatic carbocycles. The molecule has 4 heteroatoms. The van der Waals surface area contributed by atoms with Gasteiger partial charge in [0.1, 0.15) is 12.6 Å². The lowest BCUT2D eigenvalue weighted by molar-refractivity contribution is 0.412. The third kappa shape index (κ3) is 2.16. The minimum Gasteiger partial charge on any atom is -0.364 e. The highest BCUT2D eigenvalue weighted by Crippen LogP contribution is 2.12. The molecule has 0 aromatic carbocycles. The largest absolute Gasteiger partial charge is 0.364 e. The predicted molar refractivity (Wildman–Crippen MR) is 61.6 cm³/mol. The molecular weight excluding hydrogens is 202 g/mol. The first-order valence-electron chi connectivity index (χ1n) is 5.19. The molecule has 0 aliphatic rings. The molecule has 0 atom stereocenters. The van der Waals surface area contributed by atoms with Crippen LogP contribution in [-0.4, -0.2) is 15.1 Å². The molecule has 2 rings (SSSR count). The van der Waals surface area contributed by atoms with Gasteiger partial charge in [0.15, 0.2) is 0 Å². The molecule has 0 saturated carbocycles. The van der Waals surface area contributed by atoms with Crippen LogP contribution in [0.3, 0.4) is 0 Å². The molecule has 2 heterocycles. The Kier molecular flexibility index (Phi) is 3.10. The summed E-state index contributed by atoms with van der Waals surface area (Å²) in [5.74, 6) is 0. The number of aryl methyl sites for hydroxylation is 2. The lowest BCUT2D eigenvalue weighted by Gasteiger charge is -1.96. The van der Waals surface area contributed by atoms with E-state index in [1.54, 1.807) is 18.8 Å². The van der Waals surface area contributed by atoms with Gasteiger partial charge in [0.25, 0.3) is 0 Å². The zero-order chi connectivity index (χ0) is 11.4. The van der Waals surface area contributed by atoms with E-state index in [1.165, 1.54) is 0 Å². The van der Waals surface area contributed by atoms with Gasteiger partial charge in [-0.3, -0.25) is 0 Å². The van der Waals surface area contributed by atoms with Gasteiger partial charge in [0.2, 0.25) is 0 Å². The van der Waals surface area contributed by atoms with Gasteiger partial charge in [-0.1, -0.05) is 12.1 Å². The molecule has 0 N–H and O–H groups in total. The molecule has 2 aromatic rings. The van der Waals surface area contributed by atoms with Crippen molar-refractivity contribution in [2.24, 2.45) is 0 Å². The summed E-state index contributed by atoms with van der Waals surface area (Å²) in [6, 6.07) is 0. The first-order chi connectivity index (χ1) is 7.81. The van der Waals surface area contributed by atoms with Crippen molar-refractivity contribution in [3.05, 3.63) is 41.3 Å². The maximum Gasteiger partial charge on any atom is 0.131 e. The summed E-state index contributed by atoms with van der Waals surface area (Å²) < 4.78 is 4.92. The molecule has 4 nitrogen and oxygen atoms in total. The van der Waals surface area contributed by atoms with E-state index < -0.39 is 0 Å². The van der Waals surface area contributed by atoms with Crippen molar-refractivity contribution in [2.75, 3.05) is 0 Å². The maximum atomic E-state index is 4.92. The van der Waals surface area contributed by atoms with Crippen LogP contribution in [-0.2, 0) is 6.42 Å². The molecule has 0 spiro atoms. The van der Waals surface area contributed by atoms with Crippen LogP contribution in [0.4, 0.5) is 0 Å². The summed E-state index contributed by atoms with van der Waals surface area (Å²) >= 11 is 0. The minimum absolute atomic E-state index is 0.860. The van der Waals surface area contributed by atoms with E-state index >= 15 is 0 Å². The Morgan fingerprint density at radius 3 is 3.00 bits per heavy atom. The Bertz CT molecular complexity index is 502. The van der Waals surface area contributed by atoms with Crippen molar-refractivity contribution >= 4 is 12.2 Å². The number of hydrogen-bond donors (Lipinski definition) is 0. The lowest BCUT2D eigenvalue weighted by atomic mass is 10.1. The van der Waals surface area contributed by atoms with Gasteiger partial charge < -0.3 is 4.52 Å². The van der Waals surface area contributed by atoms with E-state index in [2.05, 4.69) is 15.1 Å². The first-order valence-corrected chi connectivity index (χ1v) is 5.19. The van der Waals surface area contributed by atoms with Gasteiger partial charge in [-0.15, -0.1) is 0 Å². The van der Waals surface area contributed by atoms with Crippen LogP contribution >= 0.6 is 0 Å². The average molecular weight is 215 g/mol. The normalized spacial score (nSPS) is 11.1. The Morgan fingerprint density at radius 2 is 2.25 bits per heavy atom. The van der Waals surface area contributed by atoms with Crippen molar-refractivity contribution in [1.29, 1.82) is 0 Å². The van der Waals surface area contributed by atoms with Crippen LogP contribution in [0, 0.1) is 6.92 Å². The number of rotatable bonds is 3. The fraction of sp³-hybridized carbons (Fsp3) is 0.250. The molecule has 82 valence electrons. The topological polar surface area (TPSA) is 51.8 Å². The van der Waals surface area contributed by atoms with Gasteiger partial charge in [0.05, 0.1) is 11.4 Å². The van der Waals surface area contributed by atoms with Crippen molar-refractivity contribution in [3.63, 3.8) is 0 Å². The Morgan fingerprint density at radius 1 is 1.38 bits per heavy atom. The second-order valence-electron chi connectivity index (χ2n) is 3.49. The smallest absolute Gasteiger partial charge is 0.131 e. The van der Waals surface area contributed by atoms with Crippen LogP contribution < -0.4 is 0 Å². The molecule has 0 saturated heterocycles. The van der Waals surface area contributed by atoms with Crippen LogP contribution in [0.1, 0.15) is 29.4 Å². The Labute approximate surface area is 94.0 Å². The van der Waals surface area contributed by atoms with Crippen LogP contribution in [0.5, 0.6) is 0 Å². The SMILES string of the molecule is CCc1nocc1C=Cc1ncncc1C. The monoisotopic (exact) mass is 215 g/mol. The highest BCUT2D eigenvalue weighted by molar-refractivity contribution is 5.69. The van der Waals surface area contributed by atoms with Gasteiger partial charge >= 0.3 is 0 Å². The highest BCUT2D eigenvalue weighted by Gasteiger charge is 2.02. The molecule has 0 amide bonds. The number of nitrogens with zero attached hydrogens (tertiary/aromatic N) is 3. The van der Waals surface area contributed by atoms with Gasteiger partial charge in [-0.25, -0.2) is 9.97 Å². The fourth-order valence-corrected chi connectivity index (χ4v) is 1.42. The molecule has 0 bridgehead atoms. The van der Waals surface area contributed by atoms with Gasteiger partial charge in [-0.05, 0) is 31.1 Å². The van der Waals surface area contributed by atoms with Crippen LogP contribution in [0.15, 0.2) is 23.3 Å². The van der Waals surface area contributed by atoms with Gasteiger partial charge in [-0.2, -0.15) is 0 Å². The number of aromatic nitrogens is 3. The minimum atomic E-state index is 0.860. The zero-order valence-corrected chi connectivity index (χ0v) is 9.34. The van der Waals surface area contributed by atoms with E-state index in [9.17, 15) is 0 Å². The predicted octanol–water partition coefficient (Wildman–Crippen LogP) is 2.51. The third-order valence-electron chi connectivity index (χ3n) is 2.37. The Hall–Kier alpha value is -1.97. The summed E-state index contributed by atoms with van der Waals surface area (Å²) in [5.41, 5.74) is 3.93. The van der Waals surface area contributed by atoms with Crippen LogP contribution in [0.2, 0.25) is 0 Å². The van der Waals surface area contributed by atoms with Crippen molar-refractivity contribution in [1.82, 2.24) is 15.1 Å². The lowest BCUT2D eigenvalue weighted by Crippen LogP contribution is -1.87. The molecule has 16 heavy (non-hydrogen) atoms. The fourth-order valence-electron chi connectivity index (χ4n) is 1.42. The summed E-state index contributed by atoms with van der Waals surface area (Å²) in [4.78, 5) is 8.13. The summed E-state index contributed by atoms with van der Waals surface area (Å²) in [6.45, 7) is 4.03. The van der Waals surface area contributed by atoms with E-state index in [0.29, 0.717) is 0 Å². The van der Waals surface area contributed by atoms with E-state index in [4.69, 9.17) is 4.52 Å². The molecule has 2 aromatic heterocycles. The zero-order valence-electron chi connectivity index (χ0n) is 9.34. The van der Waals surface area contributed by atoms with Crippen LogP contribution in [0.25, 0.3) is 12.2 Å². The van der Waals surface area contributed by atoms with Gasteiger partial charge in [0, 0.05) is 11.8 Å². The van der Waals surface area contributed by atoms with E-state index in [0.717, 1.165) is 28.9 Å². The average Bonchev–Trinajstić information content (AvgIpc) is 2.75. The molecular formula is C12H13N3O. The molecule has 0 aliphatic heterocycles. The maximum absolute atomic E-state index is 4.92. The first kappa shape index (κ1) is 10.5. The summed E-state index contributed by atoms with van der Waals surface area (Å²) in [6.07, 6.45) is 9.75. The van der Waals surface area contributed by atoms with Crippen molar-refractivity contribution in [3.8, 4) is 0 Å². The molecule has 0 fully saturated rings. The summed E-state index contributed by atoms with van der Waals surface area (Å²) in [7, 11) is 0. The van der Waals surface area contributed by atoms with Crippen molar-refractivity contribution in [2.45, 2.75) is 20.3 Å². The Balaban J connectivity index is 2.25. The second-order valence-corrected chi connectivity index (χ2v) is 3.49. The molecule has 0 radical (unpaired) electrons. The summed E-state index contributed by atoms with van der Waals surface area (Å²) in [5, 5.41) is 3.91. The molecule has 0 unspecified atom stereocenters. The highest BCUT2D eigenvalue weighted by atomic mass is 16.5. The number of hydrogen-bond acceptors (Lipinski definition) is 4.